The van der Waals surface area contributed by atoms with Crippen LogP contribution < -0.4 is 4.74 Å². The Labute approximate surface area is 133 Å². The molecule has 1 atom stereocenters. The number of methoxy groups -OCH3 is 1. The van der Waals surface area contributed by atoms with Crippen LogP contribution in [0.25, 0.3) is 0 Å². The summed E-state index contributed by atoms with van der Waals surface area (Å²) in [4.78, 5) is 8.34. The molecular formula is C17H27ClN2O. The van der Waals surface area contributed by atoms with E-state index in [1.54, 1.807) is 13.4 Å². The maximum absolute atomic E-state index is 6.65. The van der Waals surface area contributed by atoms with Crippen molar-refractivity contribution in [1.82, 2.24) is 9.97 Å². The number of hydrogen-bond donors (Lipinski definition) is 0. The van der Waals surface area contributed by atoms with Crippen molar-refractivity contribution in [1.29, 1.82) is 0 Å². The molecule has 0 radical (unpaired) electrons. The molecule has 0 amide bonds. The molecule has 0 spiro atoms. The molecule has 1 unspecified atom stereocenters. The summed E-state index contributed by atoms with van der Waals surface area (Å²) in [5.41, 5.74) is 1.40. The molecule has 0 N–H and O–H groups in total. The van der Waals surface area contributed by atoms with Crippen LogP contribution >= 0.6 is 11.6 Å². The lowest BCUT2D eigenvalue weighted by Crippen LogP contribution is -2.29. The minimum Gasteiger partial charge on any atom is -0.481 e. The second-order valence-electron chi connectivity index (χ2n) is 7.25. The summed E-state index contributed by atoms with van der Waals surface area (Å²) in [5, 5.41) is 0.158. The Hall–Kier alpha value is -0.830. The Balaban J connectivity index is 1.88. The van der Waals surface area contributed by atoms with Crippen LogP contribution in [0.4, 0.5) is 0 Å². The van der Waals surface area contributed by atoms with E-state index in [2.05, 4.69) is 30.7 Å². The third kappa shape index (κ3) is 4.57. The number of ether oxygens (including phenoxy) is 1. The van der Waals surface area contributed by atoms with Gasteiger partial charge in [0.2, 0.25) is 5.88 Å². The van der Waals surface area contributed by atoms with E-state index in [1.165, 1.54) is 25.7 Å². The van der Waals surface area contributed by atoms with E-state index in [0.29, 0.717) is 17.2 Å². The molecule has 118 valence electrons. The number of rotatable bonds is 4. The minimum atomic E-state index is 0.158. The van der Waals surface area contributed by atoms with Crippen LogP contribution in [0.15, 0.2) is 12.4 Å². The van der Waals surface area contributed by atoms with Crippen molar-refractivity contribution in [3.05, 3.63) is 18.1 Å². The molecule has 1 aromatic rings. The average Bonchev–Trinajstić information content (AvgIpc) is 2.46. The molecule has 1 aliphatic rings. The highest BCUT2D eigenvalue weighted by atomic mass is 35.5. The Morgan fingerprint density at radius 1 is 1.24 bits per heavy atom. The van der Waals surface area contributed by atoms with Gasteiger partial charge in [-0.3, -0.25) is 0 Å². The Kier molecular flexibility index (Phi) is 5.48. The maximum atomic E-state index is 6.65. The van der Waals surface area contributed by atoms with Crippen molar-refractivity contribution >= 4 is 11.6 Å². The predicted molar refractivity (Wildman–Crippen MR) is 86.8 cm³/mol. The smallest absolute Gasteiger partial charge is 0.216 e. The number of nitrogens with zero attached hydrogens (tertiary/aromatic N) is 2. The van der Waals surface area contributed by atoms with Crippen LogP contribution in [0.3, 0.4) is 0 Å². The first kappa shape index (κ1) is 16.5. The number of aromatic nitrogens is 2. The Bertz CT molecular complexity index is 450. The van der Waals surface area contributed by atoms with Gasteiger partial charge >= 0.3 is 0 Å². The van der Waals surface area contributed by atoms with E-state index in [9.17, 15) is 0 Å². The van der Waals surface area contributed by atoms with Gasteiger partial charge in [-0.2, -0.15) is 0 Å². The molecule has 2 rings (SSSR count). The molecule has 1 aromatic heterocycles. The second-order valence-corrected chi connectivity index (χ2v) is 7.81. The second kappa shape index (κ2) is 6.95. The van der Waals surface area contributed by atoms with Crippen molar-refractivity contribution in [2.24, 2.45) is 17.3 Å². The fourth-order valence-electron chi connectivity index (χ4n) is 3.31. The van der Waals surface area contributed by atoms with Gasteiger partial charge in [-0.1, -0.05) is 20.8 Å². The van der Waals surface area contributed by atoms with Gasteiger partial charge in [0.1, 0.15) is 6.33 Å². The molecule has 3 nitrogen and oxygen atoms in total. The normalized spacial score (nSPS) is 24.6. The largest absolute Gasteiger partial charge is 0.481 e. The highest BCUT2D eigenvalue weighted by Crippen LogP contribution is 2.41. The van der Waals surface area contributed by atoms with Gasteiger partial charge in [0.15, 0.2) is 0 Å². The van der Waals surface area contributed by atoms with E-state index in [1.807, 2.05) is 6.07 Å². The molecule has 21 heavy (non-hydrogen) atoms. The summed E-state index contributed by atoms with van der Waals surface area (Å²) < 4.78 is 5.14. The predicted octanol–water partition coefficient (Wildman–Crippen LogP) is 4.49. The van der Waals surface area contributed by atoms with Crippen molar-refractivity contribution < 1.29 is 4.74 Å². The molecule has 0 bridgehead atoms. The zero-order valence-electron chi connectivity index (χ0n) is 13.6. The van der Waals surface area contributed by atoms with Gasteiger partial charge in [0.05, 0.1) is 7.11 Å². The first-order chi connectivity index (χ1) is 9.90. The summed E-state index contributed by atoms with van der Waals surface area (Å²) in [5.74, 6) is 2.04. The van der Waals surface area contributed by atoms with Gasteiger partial charge in [-0.15, -0.1) is 11.6 Å². The van der Waals surface area contributed by atoms with Crippen molar-refractivity contribution in [2.75, 3.05) is 7.11 Å². The summed E-state index contributed by atoms with van der Waals surface area (Å²) in [6.07, 6.45) is 7.41. The van der Waals surface area contributed by atoms with Crippen molar-refractivity contribution in [3.8, 4) is 5.88 Å². The van der Waals surface area contributed by atoms with E-state index in [-0.39, 0.29) is 5.38 Å². The molecule has 0 aromatic carbocycles. The molecular weight excluding hydrogens is 284 g/mol. The molecule has 1 heterocycles. The topological polar surface area (TPSA) is 35.0 Å². The third-order valence-electron chi connectivity index (χ3n) is 4.82. The van der Waals surface area contributed by atoms with E-state index in [0.717, 1.165) is 18.0 Å². The van der Waals surface area contributed by atoms with Gasteiger partial charge in [0, 0.05) is 23.6 Å². The van der Waals surface area contributed by atoms with Crippen molar-refractivity contribution in [3.63, 3.8) is 0 Å². The minimum absolute atomic E-state index is 0.158. The van der Waals surface area contributed by atoms with E-state index in [4.69, 9.17) is 16.3 Å². The average molecular weight is 311 g/mol. The molecule has 0 saturated heterocycles. The van der Waals surface area contributed by atoms with Gasteiger partial charge in [-0.05, 0) is 42.9 Å². The first-order valence-electron chi connectivity index (χ1n) is 7.89. The Morgan fingerprint density at radius 2 is 1.90 bits per heavy atom. The number of halogens is 1. The third-order valence-corrected chi connectivity index (χ3v) is 5.33. The van der Waals surface area contributed by atoms with E-state index >= 15 is 0 Å². The highest BCUT2D eigenvalue weighted by molar-refractivity contribution is 6.20. The van der Waals surface area contributed by atoms with Crippen LogP contribution in [0, 0.1) is 17.3 Å². The van der Waals surface area contributed by atoms with E-state index < -0.39 is 0 Å². The lowest BCUT2D eigenvalue weighted by molar-refractivity contribution is 0.148. The fourth-order valence-corrected chi connectivity index (χ4v) is 3.72. The molecule has 1 aliphatic carbocycles. The quantitative estimate of drug-likeness (QED) is 0.769. The van der Waals surface area contributed by atoms with Crippen LogP contribution in [0.1, 0.15) is 52.1 Å². The monoisotopic (exact) mass is 310 g/mol. The van der Waals surface area contributed by atoms with Gasteiger partial charge < -0.3 is 4.74 Å². The summed E-state index contributed by atoms with van der Waals surface area (Å²) in [7, 11) is 1.62. The number of hydrogen-bond acceptors (Lipinski definition) is 3. The zero-order chi connectivity index (χ0) is 15.5. The first-order valence-corrected chi connectivity index (χ1v) is 8.32. The SMILES string of the molecule is COc1cc(CC(Cl)C2CCC(C(C)(C)C)CC2)ncn1. The van der Waals surface area contributed by atoms with Crippen LogP contribution in [0.2, 0.25) is 0 Å². The highest BCUT2D eigenvalue weighted by Gasteiger charge is 2.32. The van der Waals surface area contributed by atoms with Crippen LogP contribution in [-0.4, -0.2) is 22.5 Å². The van der Waals surface area contributed by atoms with Gasteiger partial charge in [-0.25, -0.2) is 9.97 Å². The number of alkyl halides is 1. The van der Waals surface area contributed by atoms with Crippen LogP contribution in [0.5, 0.6) is 5.88 Å². The van der Waals surface area contributed by atoms with Gasteiger partial charge in [0.25, 0.3) is 0 Å². The molecule has 1 saturated carbocycles. The lowest BCUT2D eigenvalue weighted by Gasteiger charge is -2.38. The lowest BCUT2D eigenvalue weighted by atomic mass is 9.69. The standard InChI is InChI=1S/C17H27ClN2O/c1-17(2,3)13-7-5-12(6-8-13)15(18)9-14-10-16(21-4)20-11-19-14/h10-13,15H,5-9H2,1-4H3. The Morgan fingerprint density at radius 3 is 2.48 bits per heavy atom. The molecule has 0 aliphatic heterocycles. The van der Waals surface area contributed by atoms with Crippen LogP contribution in [-0.2, 0) is 6.42 Å². The fraction of sp³-hybridized carbons (Fsp3) is 0.765. The zero-order valence-corrected chi connectivity index (χ0v) is 14.4. The summed E-state index contributed by atoms with van der Waals surface area (Å²) >= 11 is 6.65. The molecule has 4 heteroatoms. The maximum Gasteiger partial charge on any atom is 0.216 e. The summed E-state index contributed by atoms with van der Waals surface area (Å²) in [6.45, 7) is 7.05. The summed E-state index contributed by atoms with van der Waals surface area (Å²) in [6, 6.07) is 1.89. The molecule has 1 fully saturated rings. The van der Waals surface area contributed by atoms with Crippen molar-refractivity contribution in [2.45, 2.75) is 58.3 Å².